The Labute approximate surface area is 106 Å². The lowest BCUT2D eigenvalue weighted by Gasteiger charge is -2.19. The van der Waals surface area contributed by atoms with Crippen molar-refractivity contribution < 1.29 is 0 Å². The Morgan fingerprint density at radius 2 is 1.82 bits per heavy atom. The molecule has 2 nitrogen and oxygen atoms in total. The Hall–Kier alpha value is -0.860. The van der Waals surface area contributed by atoms with Gasteiger partial charge in [0.2, 0.25) is 0 Å². The summed E-state index contributed by atoms with van der Waals surface area (Å²) < 4.78 is 0. The lowest BCUT2D eigenvalue weighted by Crippen LogP contribution is -2.42. The summed E-state index contributed by atoms with van der Waals surface area (Å²) in [6.07, 6.45) is 1.19. The monoisotopic (exact) mass is 234 g/mol. The van der Waals surface area contributed by atoms with Crippen molar-refractivity contribution in [2.45, 2.75) is 52.1 Å². The molecule has 1 aromatic rings. The van der Waals surface area contributed by atoms with Gasteiger partial charge in [-0.2, -0.15) is 0 Å². The summed E-state index contributed by atoms with van der Waals surface area (Å²) in [7, 11) is 0. The first-order valence-corrected chi connectivity index (χ1v) is 6.51. The van der Waals surface area contributed by atoms with Gasteiger partial charge in [0.05, 0.1) is 0 Å². The molecule has 0 aliphatic heterocycles. The number of rotatable bonds is 6. The van der Waals surface area contributed by atoms with Crippen molar-refractivity contribution in [1.29, 1.82) is 0 Å². The quantitative estimate of drug-likeness (QED) is 0.794. The number of hydrogen-bond donors (Lipinski definition) is 2. The van der Waals surface area contributed by atoms with Crippen LogP contribution in [0.4, 0.5) is 0 Å². The largest absolute Gasteiger partial charge is 0.324 e. The van der Waals surface area contributed by atoms with E-state index >= 15 is 0 Å². The maximum absolute atomic E-state index is 5.92. The second-order valence-electron chi connectivity index (χ2n) is 5.64. The maximum atomic E-state index is 5.92. The van der Waals surface area contributed by atoms with Gasteiger partial charge in [0, 0.05) is 18.6 Å². The Kier molecular flexibility index (Phi) is 5.16. The average molecular weight is 234 g/mol. The van der Waals surface area contributed by atoms with Crippen LogP contribution in [0.1, 0.15) is 51.2 Å². The lowest BCUT2D eigenvalue weighted by molar-refractivity contribution is 0.466. The van der Waals surface area contributed by atoms with Gasteiger partial charge in [0.25, 0.3) is 0 Å². The molecule has 0 aliphatic rings. The van der Waals surface area contributed by atoms with Gasteiger partial charge in [-0.05, 0) is 37.3 Å². The highest BCUT2D eigenvalue weighted by Gasteiger charge is 2.09. The summed E-state index contributed by atoms with van der Waals surface area (Å²) in [5, 5.41) is 3.38. The van der Waals surface area contributed by atoms with Crippen LogP contribution in [0.25, 0.3) is 0 Å². The summed E-state index contributed by atoms with van der Waals surface area (Å²) in [4.78, 5) is 0. The Balaban J connectivity index is 2.46. The Morgan fingerprint density at radius 3 is 2.29 bits per heavy atom. The molecule has 3 N–H and O–H groups in total. The standard InChI is InChI=1S/C15H26N2/c1-5-12(2)14-8-6-13(7-9-14)10-17-11-15(3,4)16/h6-9,12,17H,5,10-11,16H2,1-4H3. The Bertz CT molecular complexity index is 322. The van der Waals surface area contributed by atoms with E-state index in [4.69, 9.17) is 5.73 Å². The summed E-state index contributed by atoms with van der Waals surface area (Å²) in [5.41, 5.74) is 8.52. The normalized spacial score (nSPS) is 13.7. The molecule has 0 aromatic heterocycles. The van der Waals surface area contributed by atoms with Crippen LogP contribution in [-0.4, -0.2) is 12.1 Å². The topological polar surface area (TPSA) is 38.0 Å². The SMILES string of the molecule is CCC(C)c1ccc(CNCC(C)(C)N)cc1. The first-order valence-electron chi connectivity index (χ1n) is 6.51. The highest BCUT2D eigenvalue weighted by atomic mass is 14.9. The van der Waals surface area contributed by atoms with Gasteiger partial charge in [0.1, 0.15) is 0 Å². The maximum Gasteiger partial charge on any atom is 0.0223 e. The zero-order chi connectivity index (χ0) is 12.9. The van der Waals surface area contributed by atoms with Crippen molar-refractivity contribution in [3.8, 4) is 0 Å². The van der Waals surface area contributed by atoms with Crippen LogP contribution in [0.15, 0.2) is 24.3 Å². The molecule has 17 heavy (non-hydrogen) atoms. The fourth-order valence-electron chi connectivity index (χ4n) is 1.73. The van der Waals surface area contributed by atoms with E-state index in [9.17, 15) is 0 Å². The van der Waals surface area contributed by atoms with Gasteiger partial charge in [-0.15, -0.1) is 0 Å². The molecule has 1 aromatic carbocycles. The van der Waals surface area contributed by atoms with Crippen LogP contribution in [0.2, 0.25) is 0 Å². The summed E-state index contributed by atoms with van der Waals surface area (Å²) >= 11 is 0. The molecule has 0 bridgehead atoms. The minimum Gasteiger partial charge on any atom is -0.324 e. The molecule has 0 spiro atoms. The predicted octanol–water partition coefficient (Wildman–Crippen LogP) is 3.03. The van der Waals surface area contributed by atoms with Gasteiger partial charge in [-0.3, -0.25) is 0 Å². The van der Waals surface area contributed by atoms with E-state index in [0.717, 1.165) is 13.1 Å². The molecular weight excluding hydrogens is 208 g/mol. The molecule has 0 fully saturated rings. The van der Waals surface area contributed by atoms with Crippen LogP contribution in [-0.2, 0) is 6.54 Å². The summed E-state index contributed by atoms with van der Waals surface area (Å²) in [6.45, 7) is 10.3. The van der Waals surface area contributed by atoms with Gasteiger partial charge in [-0.25, -0.2) is 0 Å². The predicted molar refractivity (Wildman–Crippen MR) is 75.1 cm³/mol. The third kappa shape index (κ3) is 5.33. The molecule has 1 unspecified atom stereocenters. The molecule has 96 valence electrons. The van der Waals surface area contributed by atoms with E-state index in [1.807, 2.05) is 13.8 Å². The van der Waals surface area contributed by atoms with Gasteiger partial charge >= 0.3 is 0 Å². The first-order chi connectivity index (χ1) is 7.92. The number of nitrogens with two attached hydrogens (primary N) is 1. The van der Waals surface area contributed by atoms with Crippen LogP contribution >= 0.6 is 0 Å². The molecule has 0 saturated heterocycles. The second kappa shape index (κ2) is 6.18. The minimum absolute atomic E-state index is 0.142. The smallest absolute Gasteiger partial charge is 0.0223 e. The van der Waals surface area contributed by atoms with Crippen molar-refractivity contribution >= 4 is 0 Å². The number of nitrogens with one attached hydrogen (secondary N) is 1. The highest BCUT2D eigenvalue weighted by Crippen LogP contribution is 2.18. The van der Waals surface area contributed by atoms with Crippen molar-refractivity contribution in [2.24, 2.45) is 5.73 Å². The zero-order valence-corrected chi connectivity index (χ0v) is 11.6. The van der Waals surface area contributed by atoms with E-state index in [0.29, 0.717) is 5.92 Å². The van der Waals surface area contributed by atoms with E-state index in [-0.39, 0.29) is 5.54 Å². The van der Waals surface area contributed by atoms with Crippen molar-refractivity contribution in [2.75, 3.05) is 6.54 Å². The molecule has 0 aliphatic carbocycles. The number of benzene rings is 1. The lowest BCUT2D eigenvalue weighted by atomic mass is 9.97. The van der Waals surface area contributed by atoms with Crippen LogP contribution in [0, 0.1) is 0 Å². The van der Waals surface area contributed by atoms with Crippen LogP contribution in [0.5, 0.6) is 0 Å². The molecular formula is C15H26N2. The fourth-order valence-corrected chi connectivity index (χ4v) is 1.73. The Morgan fingerprint density at radius 1 is 1.24 bits per heavy atom. The van der Waals surface area contributed by atoms with Crippen LogP contribution in [0.3, 0.4) is 0 Å². The minimum atomic E-state index is -0.142. The summed E-state index contributed by atoms with van der Waals surface area (Å²) in [5.74, 6) is 0.653. The van der Waals surface area contributed by atoms with Gasteiger partial charge in [0.15, 0.2) is 0 Å². The molecule has 0 amide bonds. The zero-order valence-electron chi connectivity index (χ0n) is 11.6. The van der Waals surface area contributed by atoms with E-state index in [1.165, 1.54) is 17.5 Å². The fraction of sp³-hybridized carbons (Fsp3) is 0.600. The van der Waals surface area contributed by atoms with E-state index in [1.54, 1.807) is 0 Å². The average Bonchev–Trinajstić information content (AvgIpc) is 2.27. The van der Waals surface area contributed by atoms with Crippen LogP contribution < -0.4 is 11.1 Å². The molecule has 0 radical (unpaired) electrons. The highest BCUT2D eigenvalue weighted by molar-refractivity contribution is 5.24. The molecule has 0 heterocycles. The van der Waals surface area contributed by atoms with Crippen molar-refractivity contribution in [3.05, 3.63) is 35.4 Å². The van der Waals surface area contributed by atoms with Gasteiger partial charge < -0.3 is 11.1 Å². The van der Waals surface area contributed by atoms with Crippen molar-refractivity contribution in [3.63, 3.8) is 0 Å². The third-order valence-electron chi connectivity index (χ3n) is 3.07. The third-order valence-corrected chi connectivity index (χ3v) is 3.07. The van der Waals surface area contributed by atoms with E-state index < -0.39 is 0 Å². The van der Waals surface area contributed by atoms with Crippen molar-refractivity contribution in [1.82, 2.24) is 5.32 Å². The molecule has 2 heteroatoms. The summed E-state index contributed by atoms with van der Waals surface area (Å²) in [6, 6.07) is 8.88. The molecule has 1 rings (SSSR count). The number of hydrogen-bond acceptors (Lipinski definition) is 2. The molecule has 0 saturated carbocycles. The van der Waals surface area contributed by atoms with E-state index in [2.05, 4.69) is 43.4 Å². The second-order valence-corrected chi connectivity index (χ2v) is 5.64. The van der Waals surface area contributed by atoms with Gasteiger partial charge in [-0.1, -0.05) is 38.1 Å². The molecule has 1 atom stereocenters. The first kappa shape index (κ1) is 14.2.